The van der Waals surface area contributed by atoms with Crippen LogP contribution >= 0.6 is 0 Å². The van der Waals surface area contributed by atoms with Gasteiger partial charge in [0.25, 0.3) is 0 Å². The molecule has 2 amide bonds. The third-order valence-electron chi connectivity index (χ3n) is 3.59. The summed E-state index contributed by atoms with van der Waals surface area (Å²) >= 11 is 0. The van der Waals surface area contributed by atoms with Gasteiger partial charge in [-0.05, 0) is 40.5 Å². The van der Waals surface area contributed by atoms with Crippen LogP contribution in [-0.2, 0) is 9.53 Å². The molecule has 0 spiro atoms. The fourth-order valence-corrected chi connectivity index (χ4v) is 2.24. The van der Waals surface area contributed by atoms with Crippen LogP contribution in [0.2, 0.25) is 0 Å². The third kappa shape index (κ3) is 5.39. The van der Waals surface area contributed by atoms with Crippen LogP contribution in [0, 0.1) is 0 Å². The highest BCUT2D eigenvalue weighted by Gasteiger charge is 2.28. The molecule has 0 aliphatic heterocycles. The Kier molecular flexibility index (Phi) is 5.84. The van der Waals surface area contributed by atoms with Gasteiger partial charge in [-0.25, -0.2) is 4.79 Å². The first-order valence-corrected chi connectivity index (χ1v) is 7.47. The second-order valence-electron chi connectivity index (χ2n) is 6.61. The molecule has 116 valence electrons. The Morgan fingerprint density at radius 2 is 1.75 bits per heavy atom. The molecule has 5 nitrogen and oxygen atoms in total. The minimum absolute atomic E-state index is 0.106. The van der Waals surface area contributed by atoms with Crippen molar-refractivity contribution in [2.75, 3.05) is 7.05 Å². The minimum atomic E-state index is -0.551. The van der Waals surface area contributed by atoms with E-state index >= 15 is 0 Å². The summed E-state index contributed by atoms with van der Waals surface area (Å²) in [6, 6.07) is -0.266. The fraction of sp³-hybridized carbons (Fsp3) is 0.867. The van der Waals surface area contributed by atoms with Crippen molar-refractivity contribution < 1.29 is 14.3 Å². The average Bonchev–Trinajstić information content (AvgIpc) is 2.36. The zero-order valence-corrected chi connectivity index (χ0v) is 13.4. The van der Waals surface area contributed by atoms with Gasteiger partial charge in [-0.15, -0.1) is 0 Å². The first kappa shape index (κ1) is 16.8. The third-order valence-corrected chi connectivity index (χ3v) is 3.59. The van der Waals surface area contributed by atoms with Gasteiger partial charge in [-0.1, -0.05) is 19.3 Å². The van der Waals surface area contributed by atoms with Crippen molar-refractivity contribution in [3.8, 4) is 0 Å². The summed E-state index contributed by atoms with van der Waals surface area (Å²) in [5, 5.41) is 3.03. The molecule has 0 radical (unpaired) electrons. The molecule has 0 aromatic carbocycles. The van der Waals surface area contributed by atoms with Gasteiger partial charge >= 0.3 is 6.09 Å². The lowest BCUT2D eigenvalue weighted by atomic mass is 9.95. The van der Waals surface area contributed by atoms with Crippen LogP contribution in [0.15, 0.2) is 0 Å². The van der Waals surface area contributed by atoms with Gasteiger partial charge in [-0.2, -0.15) is 0 Å². The molecule has 1 N–H and O–H groups in total. The number of likely N-dealkylation sites (N-methyl/N-ethyl adjacent to an activating group) is 1. The number of carbonyl (C=O) groups is 2. The molecule has 1 unspecified atom stereocenters. The Bertz CT molecular complexity index is 344. The SMILES string of the molecule is CC(C(=O)NC1CCCCC1)N(C)C(=O)OC(C)(C)C. The molecule has 0 aromatic rings. The highest BCUT2D eigenvalue weighted by Crippen LogP contribution is 2.18. The van der Waals surface area contributed by atoms with E-state index in [0.717, 1.165) is 12.8 Å². The largest absolute Gasteiger partial charge is 0.444 e. The number of ether oxygens (including phenoxy) is 1. The second kappa shape index (κ2) is 6.95. The van der Waals surface area contributed by atoms with Gasteiger partial charge in [-0.3, -0.25) is 9.69 Å². The Morgan fingerprint density at radius 1 is 1.20 bits per heavy atom. The molecule has 1 atom stereocenters. The Balaban J connectivity index is 2.48. The maximum Gasteiger partial charge on any atom is 0.410 e. The van der Waals surface area contributed by atoms with Crippen molar-refractivity contribution in [3.63, 3.8) is 0 Å². The Labute approximate surface area is 122 Å². The zero-order chi connectivity index (χ0) is 15.3. The molecule has 1 rings (SSSR count). The fourth-order valence-electron chi connectivity index (χ4n) is 2.24. The van der Waals surface area contributed by atoms with E-state index in [1.54, 1.807) is 14.0 Å². The molecule has 0 bridgehead atoms. The monoisotopic (exact) mass is 284 g/mol. The number of hydrogen-bond acceptors (Lipinski definition) is 3. The summed E-state index contributed by atoms with van der Waals surface area (Å²) in [6.45, 7) is 7.16. The van der Waals surface area contributed by atoms with Crippen molar-refractivity contribution in [1.82, 2.24) is 10.2 Å². The number of rotatable bonds is 3. The van der Waals surface area contributed by atoms with Gasteiger partial charge in [0.2, 0.25) is 5.91 Å². The summed E-state index contributed by atoms with van der Waals surface area (Å²) in [5.74, 6) is -0.106. The van der Waals surface area contributed by atoms with Gasteiger partial charge in [0, 0.05) is 13.1 Å². The molecule has 0 aromatic heterocycles. The molecular weight excluding hydrogens is 256 g/mol. The number of nitrogens with zero attached hydrogens (tertiary/aromatic N) is 1. The van der Waals surface area contributed by atoms with Crippen LogP contribution in [0.1, 0.15) is 59.8 Å². The smallest absolute Gasteiger partial charge is 0.410 e. The maximum absolute atomic E-state index is 12.2. The van der Waals surface area contributed by atoms with Gasteiger partial charge in [0.1, 0.15) is 11.6 Å². The lowest BCUT2D eigenvalue weighted by Crippen LogP contribution is -2.50. The summed E-state index contributed by atoms with van der Waals surface area (Å²) in [7, 11) is 1.60. The van der Waals surface area contributed by atoms with E-state index in [-0.39, 0.29) is 11.9 Å². The standard InChI is InChI=1S/C15H28N2O3/c1-11(17(5)14(19)20-15(2,3)4)13(18)16-12-9-7-6-8-10-12/h11-12H,6-10H2,1-5H3,(H,16,18). The van der Waals surface area contributed by atoms with Crippen molar-refractivity contribution >= 4 is 12.0 Å². The number of nitrogens with one attached hydrogen (secondary N) is 1. The summed E-state index contributed by atoms with van der Waals surface area (Å²) in [5.41, 5.74) is -0.551. The molecule has 1 saturated carbocycles. The minimum Gasteiger partial charge on any atom is -0.444 e. The topological polar surface area (TPSA) is 58.6 Å². The second-order valence-corrected chi connectivity index (χ2v) is 6.61. The lowest BCUT2D eigenvalue weighted by molar-refractivity contribution is -0.126. The van der Waals surface area contributed by atoms with Crippen LogP contribution in [0.3, 0.4) is 0 Å². The maximum atomic E-state index is 12.2. The average molecular weight is 284 g/mol. The molecule has 1 fully saturated rings. The van der Waals surface area contributed by atoms with Crippen LogP contribution in [0.5, 0.6) is 0 Å². The van der Waals surface area contributed by atoms with E-state index in [0.29, 0.717) is 0 Å². The highest BCUT2D eigenvalue weighted by molar-refractivity contribution is 5.85. The van der Waals surface area contributed by atoms with Crippen LogP contribution in [0.4, 0.5) is 4.79 Å². The molecule has 1 aliphatic carbocycles. The number of carbonyl (C=O) groups excluding carboxylic acids is 2. The predicted molar refractivity (Wildman–Crippen MR) is 78.5 cm³/mol. The van der Waals surface area contributed by atoms with E-state index < -0.39 is 17.7 Å². The lowest BCUT2D eigenvalue weighted by Gasteiger charge is -2.30. The van der Waals surface area contributed by atoms with E-state index in [4.69, 9.17) is 4.74 Å². The van der Waals surface area contributed by atoms with Crippen LogP contribution in [0.25, 0.3) is 0 Å². The molecular formula is C15H28N2O3. The van der Waals surface area contributed by atoms with E-state index in [9.17, 15) is 9.59 Å². The number of hydrogen-bond donors (Lipinski definition) is 1. The Hall–Kier alpha value is -1.26. The van der Waals surface area contributed by atoms with Gasteiger partial charge in [0.15, 0.2) is 0 Å². The normalized spacial score (nSPS) is 18.2. The van der Waals surface area contributed by atoms with E-state index in [2.05, 4.69) is 5.32 Å². The molecule has 0 saturated heterocycles. The molecule has 0 heterocycles. The molecule has 20 heavy (non-hydrogen) atoms. The van der Waals surface area contributed by atoms with Gasteiger partial charge < -0.3 is 10.1 Å². The zero-order valence-electron chi connectivity index (χ0n) is 13.4. The van der Waals surface area contributed by atoms with Crippen molar-refractivity contribution in [1.29, 1.82) is 0 Å². The summed E-state index contributed by atoms with van der Waals surface area (Å²) < 4.78 is 5.27. The van der Waals surface area contributed by atoms with Crippen LogP contribution < -0.4 is 5.32 Å². The molecule has 5 heteroatoms. The first-order chi connectivity index (χ1) is 9.20. The summed E-state index contributed by atoms with van der Waals surface area (Å²) in [6.07, 6.45) is 5.19. The van der Waals surface area contributed by atoms with Crippen molar-refractivity contribution in [3.05, 3.63) is 0 Å². The number of amides is 2. The first-order valence-electron chi connectivity index (χ1n) is 7.47. The predicted octanol–water partition coefficient (Wildman–Crippen LogP) is 2.69. The Morgan fingerprint density at radius 3 is 2.25 bits per heavy atom. The van der Waals surface area contributed by atoms with Gasteiger partial charge in [0.05, 0.1) is 0 Å². The van der Waals surface area contributed by atoms with E-state index in [1.807, 2.05) is 20.8 Å². The summed E-state index contributed by atoms with van der Waals surface area (Å²) in [4.78, 5) is 25.4. The van der Waals surface area contributed by atoms with E-state index in [1.165, 1.54) is 24.2 Å². The highest BCUT2D eigenvalue weighted by atomic mass is 16.6. The molecule has 1 aliphatic rings. The van der Waals surface area contributed by atoms with Crippen molar-refractivity contribution in [2.24, 2.45) is 0 Å². The quantitative estimate of drug-likeness (QED) is 0.867. The van der Waals surface area contributed by atoms with Crippen LogP contribution in [-0.4, -0.2) is 41.6 Å². The van der Waals surface area contributed by atoms with Crippen molar-refractivity contribution in [2.45, 2.75) is 77.5 Å².